The summed E-state index contributed by atoms with van der Waals surface area (Å²) < 4.78 is 44.6. The lowest BCUT2D eigenvalue weighted by molar-refractivity contribution is -0.137. The fourth-order valence-corrected chi connectivity index (χ4v) is 4.55. The van der Waals surface area contributed by atoms with Crippen LogP contribution in [0.1, 0.15) is 31.4 Å². The Morgan fingerprint density at radius 2 is 1.76 bits per heavy atom. The Labute approximate surface area is 191 Å². The predicted molar refractivity (Wildman–Crippen MR) is 120 cm³/mol. The van der Waals surface area contributed by atoms with Gasteiger partial charge in [0.2, 0.25) is 5.91 Å². The van der Waals surface area contributed by atoms with Crippen molar-refractivity contribution in [2.45, 2.75) is 51.1 Å². The second-order valence-corrected chi connectivity index (χ2v) is 8.93. The SMILES string of the molecule is C[C@@H]1CN(c2ccc(CC(=O)NC3CCN(c4cncc(C(F)(F)F)c4)C3)cc2)C[C@H](C)O1. The Hall–Kier alpha value is -2.81. The molecule has 2 aliphatic rings. The lowest BCUT2D eigenvalue weighted by Crippen LogP contribution is -2.45. The summed E-state index contributed by atoms with van der Waals surface area (Å²) in [5.41, 5.74) is 1.69. The van der Waals surface area contributed by atoms with E-state index in [9.17, 15) is 18.0 Å². The number of carbonyl (C=O) groups is 1. The standard InChI is InChI=1S/C24H29F3N4O2/c1-16-13-31(14-17(2)33-16)21-5-3-18(4-6-21)9-23(32)29-20-7-8-30(15-20)22-10-19(11-28-12-22)24(25,26)27/h3-6,10-12,16-17,20H,7-9,13-15H2,1-2H3,(H,29,32)/t16-,17+,20?. The van der Waals surface area contributed by atoms with Gasteiger partial charge in [0.15, 0.2) is 0 Å². The molecule has 0 saturated carbocycles. The van der Waals surface area contributed by atoms with Crippen molar-refractivity contribution in [1.29, 1.82) is 0 Å². The average molecular weight is 463 g/mol. The smallest absolute Gasteiger partial charge is 0.372 e. The van der Waals surface area contributed by atoms with Gasteiger partial charge in [-0.1, -0.05) is 12.1 Å². The fourth-order valence-electron chi connectivity index (χ4n) is 4.55. The van der Waals surface area contributed by atoms with E-state index in [-0.39, 0.29) is 30.6 Å². The molecule has 0 aliphatic carbocycles. The molecule has 2 fully saturated rings. The second-order valence-electron chi connectivity index (χ2n) is 8.93. The van der Waals surface area contributed by atoms with Gasteiger partial charge in [0.1, 0.15) is 0 Å². The first-order chi connectivity index (χ1) is 15.7. The molecule has 0 bridgehead atoms. The molecular weight excluding hydrogens is 433 g/mol. The van der Waals surface area contributed by atoms with Crippen molar-refractivity contribution in [1.82, 2.24) is 10.3 Å². The number of rotatable bonds is 5. The second kappa shape index (κ2) is 9.59. The molecule has 1 aromatic carbocycles. The number of halogens is 3. The molecule has 4 rings (SSSR count). The zero-order chi connectivity index (χ0) is 23.6. The lowest BCUT2D eigenvalue weighted by Gasteiger charge is -2.36. The van der Waals surface area contributed by atoms with Crippen LogP contribution >= 0.6 is 0 Å². The molecule has 2 aliphatic heterocycles. The Kier molecular flexibility index (Phi) is 6.78. The molecule has 33 heavy (non-hydrogen) atoms. The third kappa shape index (κ3) is 5.96. The first-order valence-electron chi connectivity index (χ1n) is 11.2. The fraction of sp³-hybridized carbons (Fsp3) is 0.500. The van der Waals surface area contributed by atoms with Crippen LogP contribution in [-0.2, 0) is 22.1 Å². The zero-order valence-corrected chi connectivity index (χ0v) is 18.8. The highest BCUT2D eigenvalue weighted by Gasteiger charge is 2.32. The number of hydrogen-bond acceptors (Lipinski definition) is 5. The highest BCUT2D eigenvalue weighted by atomic mass is 19.4. The molecule has 2 aromatic rings. The number of benzene rings is 1. The van der Waals surface area contributed by atoms with E-state index in [4.69, 9.17) is 4.74 Å². The van der Waals surface area contributed by atoms with E-state index in [1.54, 1.807) is 0 Å². The largest absolute Gasteiger partial charge is 0.417 e. The van der Waals surface area contributed by atoms with E-state index in [1.807, 2.05) is 29.2 Å². The van der Waals surface area contributed by atoms with Gasteiger partial charge in [-0.25, -0.2) is 0 Å². The average Bonchev–Trinajstić information content (AvgIpc) is 3.21. The van der Waals surface area contributed by atoms with Crippen molar-refractivity contribution in [3.8, 4) is 0 Å². The molecule has 1 aromatic heterocycles. The van der Waals surface area contributed by atoms with Crippen molar-refractivity contribution < 1.29 is 22.7 Å². The van der Waals surface area contributed by atoms with E-state index in [0.29, 0.717) is 25.2 Å². The molecule has 0 radical (unpaired) electrons. The van der Waals surface area contributed by atoms with E-state index < -0.39 is 11.7 Å². The van der Waals surface area contributed by atoms with E-state index in [1.165, 1.54) is 6.20 Å². The molecule has 1 unspecified atom stereocenters. The molecule has 3 atom stereocenters. The minimum Gasteiger partial charge on any atom is -0.372 e. The van der Waals surface area contributed by atoms with Crippen LogP contribution in [-0.4, -0.2) is 55.3 Å². The summed E-state index contributed by atoms with van der Waals surface area (Å²) in [4.78, 5) is 20.4. The highest BCUT2D eigenvalue weighted by Crippen LogP contribution is 2.31. The minimum absolute atomic E-state index is 0.0922. The first-order valence-corrected chi connectivity index (χ1v) is 11.2. The maximum Gasteiger partial charge on any atom is 0.417 e. The van der Waals surface area contributed by atoms with Crippen LogP contribution < -0.4 is 15.1 Å². The monoisotopic (exact) mass is 462 g/mol. The number of carbonyl (C=O) groups excluding carboxylic acids is 1. The Bertz CT molecular complexity index is 957. The van der Waals surface area contributed by atoms with Crippen molar-refractivity contribution in [2.75, 3.05) is 36.0 Å². The summed E-state index contributed by atoms with van der Waals surface area (Å²) in [6.07, 6.45) is -0.883. The predicted octanol–water partition coefficient (Wildman–Crippen LogP) is 3.65. The van der Waals surface area contributed by atoms with Gasteiger partial charge < -0.3 is 19.9 Å². The maximum absolute atomic E-state index is 13.0. The third-order valence-electron chi connectivity index (χ3n) is 6.06. The number of hydrogen-bond donors (Lipinski definition) is 1. The summed E-state index contributed by atoms with van der Waals surface area (Å²) >= 11 is 0. The van der Waals surface area contributed by atoms with E-state index in [0.717, 1.165) is 36.6 Å². The van der Waals surface area contributed by atoms with Crippen LogP contribution in [0.4, 0.5) is 24.5 Å². The molecule has 3 heterocycles. The Balaban J connectivity index is 1.29. The molecule has 1 N–H and O–H groups in total. The van der Waals surface area contributed by atoms with Gasteiger partial charge in [0.05, 0.1) is 36.1 Å². The number of nitrogens with one attached hydrogen (secondary N) is 1. The number of aromatic nitrogens is 1. The molecule has 1 amide bonds. The molecule has 178 valence electrons. The Morgan fingerprint density at radius 1 is 1.06 bits per heavy atom. The van der Waals surface area contributed by atoms with Crippen LogP contribution in [0.5, 0.6) is 0 Å². The molecule has 6 nitrogen and oxygen atoms in total. The maximum atomic E-state index is 13.0. The van der Waals surface area contributed by atoms with Gasteiger partial charge in [0, 0.05) is 44.1 Å². The molecular formula is C24H29F3N4O2. The number of ether oxygens (including phenoxy) is 1. The van der Waals surface area contributed by atoms with E-state index >= 15 is 0 Å². The quantitative estimate of drug-likeness (QED) is 0.735. The van der Waals surface area contributed by atoms with Gasteiger partial charge >= 0.3 is 6.18 Å². The van der Waals surface area contributed by atoms with Crippen molar-refractivity contribution in [3.05, 3.63) is 53.9 Å². The number of morpholine rings is 1. The van der Waals surface area contributed by atoms with Crippen LogP contribution in [0, 0.1) is 0 Å². The summed E-state index contributed by atoms with van der Waals surface area (Å²) in [6.45, 7) is 6.83. The van der Waals surface area contributed by atoms with Crippen molar-refractivity contribution in [2.24, 2.45) is 0 Å². The van der Waals surface area contributed by atoms with E-state index in [2.05, 4.69) is 29.0 Å². The molecule has 2 saturated heterocycles. The number of nitrogens with zero attached hydrogens (tertiary/aromatic N) is 3. The van der Waals surface area contributed by atoms with Crippen molar-refractivity contribution >= 4 is 17.3 Å². The summed E-state index contributed by atoms with van der Waals surface area (Å²) in [5, 5.41) is 3.01. The first kappa shape index (κ1) is 23.4. The Morgan fingerprint density at radius 3 is 2.42 bits per heavy atom. The summed E-state index contributed by atoms with van der Waals surface area (Å²) in [7, 11) is 0. The summed E-state index contributed by atoms with van der Waals surface area (Å²) in [6, 6.07) is 9.00. The topological polar surface area (TPSA) is 57.7 Å². The van der Waals surface area contributed by atoms with Crippen molar-refractivity contribution in [3.63, 3.8) is 0 Å². The van der Waals surface area contributed by atoms with Crippen LogP contribution in [0.25, 0.3) is 0 Å². The molecule has 0 spiro atoms. The third-order valence-corrected chi connectivity index (χ3v) is 6.06. The van der Waals surface area contributed by atoms with Gasteiger partial charge in [0.25, 0.3) is 0 Å². The van der Waals surface area contributed by atoms with Gasteiger partial charge in [-0.05, 0) is 44.0 Å². The van der Waals surface area contributed by atoms with Gasteiger partial charge in [-0.2, -0.15) is 13.2 Å². The van der Waals surface area contributed by atoms with Crippen LogP contribution in [0.2, 0.25) is 0 Å². The highest BCUT2D eigenvalue weighted by molar-refractivity contribution is 5.79. The minimum atomic E-state index is -4.43. The summed E-state index contributed by atoms with van der Waals surface area (Å²) in [5.74, 6) is -0.0922. The normalized spacial score (nSPS) is 23.6. The van der Waals surface area contributed by atoms with Crippen LogP contribution in [0.3, 0.4) is 0 Å². The van der Waals surface area contributed by atoms with Gasteiger partial charge in [-0.15, -0.1) is 0 Å². The lowest BCUT2D eigenvalue weighted by atomic mass is 10.1. The zero-order valence-electron chi connectivity index (χ0n) is 18.8. The number of amides is 1. The number of pyridine rings is 1. The van der Waals surface area contributed by atoms with Gasteiger partial charge in [-0.3, -0.25) is 9.78 Å². The van der Waals surface area contributed by atoms with Crippen LogP contribution in [0.15, 0.2) is 42.7 Å². The number of anilines is 2. The molecule has 9 heteroatoms. The number of alkyl halides is 3.